The molecule has 0 radical (unpaired) electrons. The standard InChI is InChI=1S/C20H21F2NO3/c1-2-3-14-4-6-15(7-5-14)18(24)12-13-19(25)23-16-8-10-17(11-9-16)26-20(21)22/h4-11,20H,2-3,12-13H2,1H3,(H,23,25). The van der Waals surface area contributed by atoms with Crippen molar-refractivity contribution in [2.45, 2.75) is 39.2 Å². The number of benzene rings is 2. The lowest BCUT2D eigenvalue weighted by Crippen LogP contribution is -2.13. The van der Waals surface area contributed by atoms with Gasteiger partial charge in [-0.2, -0.15) is 8.78 Å². The molecule has 1 amide bonds. The van der Waals surface area contributed by atoms with Gasteiger partial charge in [-0.15, -0.1) is 0 Å². The van der Waals surface area contributed by atoms with Crippen LogP contribution in [0.3, 0.4) is 0 Å². The Labute approximate surface area is 151 Å². The number of carbonyl (C=O) groups excluding carboxylic acids is 2. The number of amides is 1. The summed E-state index contributed by atoms with van der Waals surface area (Å²) in [5.74, 6) is -0.396. The first-order valence-corrected chi connectivity index (χ1v) is 8.45. The van der Waals surface area contributed by atoms with Crippen LogP contribution in [0.15, 0.2) is 48.5 Å². The van der Waals surface area contributed by atoms with Gasteiger partial charge in [-0.05, 0) is 36.2 Å². The maximum absolute atomic E-state index is 12.2. The van der Waals surface area contributed by atoms with Crippen LogP contribution in [0, 0.1) is 0 Å². The summed E-state index contributed by atoms with van der Waals surface area (Å²) in [5.41, 5.74) is 2.22. The van der Waals surface area contributed by atoms with Crippen LogP contribution in [0.4, 0.5) is 14.5 Å². The van der Waals surface area contributed by atoms with Crippen molar-refractivity contribution in [3.8, 4) is 5.75 Å². The van der Waals surface area contributed by atoms with Gasteiger partial charge in [0.1, 0.15) is 5.75 Å². The number of halogens is 2. The molecule has 0 spiro atoms. The average molecular weight is 361 g/mol. The van der Waals surface area contributed by atoms with Gasteiger partial charge in [0.25, 0.3) is 0 Å². The molecule has 0 aliphatic rings. The third-order valence-electron chi connectivity index (χ3n) is 3.76. The molecule has 6 heteroatoms. The fraction of sp³-hybridized carbons (Fsp3) is 0.300. The Bertz CT molecular complexity index is 728. The van der Waals surface area contributed by atoms with Gasteiger partial charge < -0.3 is 10.1 Å². The Morgan fingerprint density at radius 1 is 1.00 bits per heavy atom. The molecule has 26 heavy (non-hydrogen) atoms. The highest BCUT2D eigenvalue weighted by Gasteiger charge is 2.10. The summed E-state index contributed by atoms with van der Waals surface area (Å²) in [6.45, 7) is -0.797. The van der Waals surface area contributed by atoms with E-state index in [1.165, 1.54) is 29.8 Å². The SMILES string of the molecule is CCCc1ccc(C(=O)CCC(=O)Nc2ccc(OC(F)F)cc2)cc1. The molecule has 138 valence electrons. The first-order chi connectivity index (χ1) is 12.5. The molecule has 0 unspecified atom stereocenters. The lowest BCUT2D eigenvalue weighted by atomic mass is 10.0. The van der Waals surface area contributed by atoms with Gasteiger partial charge in [-0.25, -0.2) is 0 Å². The van der Waals surface area contributed by atoms with Crippen molar-refractivity contribution in [1.29, 1.82) is 0 Å². The maximum atomic E-state index is 12.2. The van der Waals surface area contributed by atoms with Gasteiger partial charge in [0, 0.05) is 24.1 Å². The minimum Gasteiger partial charge on any atom is -0.435 e. The Hall–Kier alpha value is -2.76. The smallest absolute Gasteiger partial charge is 0.387 e. The molecule has 2 aromatic carbocycles. The highest BCUT2D eigenvalue weighted by Crippen LogP contribution is 2.18. The van der Waals surface area contributed by atoms with Crippen molar-refractivity contribution in [2.75, 3.05) is 5.32 Å². The summed E-state index contributed by atoms with van der Waals surface area (Å²) in [4.78, 5) is 24.1. The molecule has 0 aromatic heterocycles. The Morgan fingerprint density at radius 3 is 2.23 bits per heavy atom. The number of hydrogen-bond acceptors (Lipinski definition) is 3. The van der Waals surface area contributed by atoms with Gasteiger partial charge >= 0.3 is 6.61 Å². The van der Waals surface area contributed by atoms with E-state index in [4.69, 9.17) is 0 Å². The second-order valence-corrected chi connectivity index (χ2v) is 5.82. The summed E-state index contributed by atoms with van der Waals surface area (Å²) >= 11 is 0. The topological polar surface area (TPSA) is 55.4 Å². The van der Waals surface area contributed by atoms with Crippen molar-refractivity contribution in [3.05, 3.63) is 59.7 Å². The van der Waals surface area contributed by atoms with E-state index in [9.17, 15) is 18.4 Å². The second kappa shape index (κ2) is 9.65. The normalized spacial score (nSPS) is 10.6. The molecule has 0 heterocycles. The van der Waals surface area contributed by atoms with E-state index >= 15 is 0 Å². The lowest BCUT2D eigenvalue weighted by molar-refractivity contribution is -0.116. The van der Waals surface area contributed by atoms with Crippen LogP contribution in [0.1, 0.15) is 42.1 Å². The first-order valence-electron chi connectivity index (χ1n) is 8.45. The molecule has 0 atom stereocenters. The number of anilines is 1. The van der Waals surface area contributed by atoms with E-state index in [1.807, 2.05) is 12.1 Å². The molecular weight excluding hydrogens is 340 g/mol. The van der Waals surface area contributed by atoms with Crippen LogP contribution in [0.2, 0.25) is 0 Å². The number of carbonyl (C=O) groups is 2. The highest BCUT2D eigenvalue weighted by atomic mass is 19.3. The fourth-order valence-corrected chi connectivity index (χ4v) is 2.46. The number of alkyl halides is 2. The molecule has 0 bridgehead atoms. The van der Waals surface area contributed by atoms with E-state index < -0.39 is 6.61 Å². The lowest BCUT2D eigenvalue weighted by Gasteiger charge is -2.07. The van der Waals surface area contributed by atoms with E-state index in [0.29, 0.717) is 11.3 Å². The number of hydrogen-bond donors (Lipinski definition) is 1. The third-order valence-corrected chi connectivity index (χ3v) is 3.76. The van der Waals surface area contributed by atoms with Crippen molar-refractivity contribution >= 4 is 17.4 Å². The molecule has 2 aromatic rings. The molecule has 0 fully saturated rings. The van der Waals surface area contributed by atoms with Crippen LogP contribution < -0.4 is 10.1 Å². The average Bonchev–Trinajstić information content (AvgIpc) is 2.62. The highest BCUT2D eigenvalue weighted by molar-refractivity contribution is 6.00. The fourth-order valence-electron chi connectivity index (χ4n) is 2.46. The van der Waals surface area contributed by atoms with Crippen molar-refractivity contribution < 1.29 is 23.1 Å². The summed E-state index contributed by atoms with van der Waals surface area (Å²) in [7, 11) is 0. The van der Waals surface area contributed by atoms with E-state index in [-0.39, 0.29) is 30.3 Å². The van der Waals surface area contributed by atoms with Crippen LogP contribution in [0.25, 0.3) is 0 Å². The second-order valence-electron chi connectivity index (χ2n) is 5.82. The van der Waals surface area contributed by atoms with Crippen LogP contribution in [-0.2, 0) is 11.2 Å². The van der Waals surface area contributed by atoms with Crippen LogP contribution in [-0.4, -0.2) is 18.3 Å². The molecule has 0 saturated heterocycles. The summed E-state index contributed by atoms with van der Waals surface area (Å²) < 4.78 is 28.4. The number of Topliss-reactive ketones (excluding diaryl/α,β-unsaturated/α-hetero) is 1. The zero-order valence-electron chi connectivity index (χ0n) is 14.5. The van der Waals surface area contributed by atoms with E-state index in [2.05, 4.69) is 17.0 Å². The largest absolute Gasteiger partial charge is 0.435 e. The molecule has 4 nitrogen and oxygen atoms in total. The van der Waals surface area contributed by atoms with Crippen molar-refractivity contribution in [1.82, 2.24) is 0 Å². The Kier molecular flexibility index (Phi) is 7.26. The molecule has 2 rings (SSSR count). The van der Waals surface area contributed by atoms with Crippen molar-refractivity contribution in [2.24, 2.45) is 0 Å². The molecule has 0 aliphatic heterocycles. The minimum absolute atomic E-state index is 0.0136. The maximum Gasteiger partial charge on any atom is 0.387 e. The van der Waals surface area contributed by atoms with E-state index in [0.717, 1.165) is 12.8 Å². The minimum atomic E-state index is -2.89. The van der Waals surface area contributed by atoms with Crippen LogP contribution in [0.5, 0.6) is 5.75 Å². The number of ketones is 1. The number of ether oxygens (including phenoxy) is 1. The number of rotatable bonds is 9. The summed E-state index contributed by atoms with van der Waals surface area (Å²) in [6.07, 6.45) is 2.16. The van der Waals surface area contributed by atoms with Gasteiger partial charge in [-0.3, -0.25) is 9.59 Å². The monoisotopic (exact) mass is 361 g/mol. The predicted octanol–water partition coefficient (Wildman–Crippen LogP) is 4.84. The quantitative estimate of drug-likeness (QED) is 0.650. The summed E-state index contributed by atoms with van der Waals surface area (Å²) in [5, 5.41) is 2.62. The molecule has 0 saturated carbocycles. The zero-order chi connectivity index (χ0) is 18.9. The van der Waals surface area contributed by atoms with Crippen molar-refractivity contribution in [3.63, 3.8) is 0 Å². The third kappa shape index (κ3) is 6.27. The van der Waals surface area contributed by atoms with Gasteiger partial charge in [-0.1, -0.05) is 37.6 Å². The molecule has 1 N–H and O–H groups in total. The number of aryl methyl sites for hydroxylation is 1. The summed E-state index contributed by atoms with van der Waals surface area (Å²) in [6, 6.07) is 13.0. The molecular formula is C20H21F2NO3. The predicted molar refractivity (Wildman–Crippen MR) is 95.7 cm³/mol. The van der Waals surface area contributed by atoms with Gasteiger partial charge in [0.05, 0.1) is 0 Å². The van der Waals surface area contributed by atoms with Gasteiger partial charge in [0.2, 0.25) is 5.91 Å². The number of nitrogens with one attached hydrogen (secondary N) is 1. The Morgan fingerprint density at radius 2 is 1.65 bits per heavy atom. The first kappa shape index (κ1) is 19.6. The zero-order valence-corrected chi connectivity index (χ0v) is 14.5. The van der Waals surface area contributed by atoms with Crippen LogP contribution >= 0.6 is 0 Å². The van der Waals surface area contributed by atoms with E-state index in [1.54, 1.807) is 12.1 Å². The molecule has 0 aliphatic carbocycles. The Balaban J connectivity index is 1.81. The van der Waals surface area contributed by atoms with Gasteiger partial charge in [0.15, 0.2) is 5.78 Å².